The molecule has 0 radical (unpaired) electrons. The molecule has 0 spiro atoms. The third-order valence-electron chi connectivity index (χ3n) is 4.73. The van der Waals surface area contributed by atoms with Gasteiger partial charge in [-0.25, -0.2) is 0 Å². The summed E-state index contributed by atoms with van der Waals surface area (Å²) < 4.78 is 30.1. The van der Waals surface area contributed by atoms with Crippen LogP contribution in [0.5, 0.6) is 0 Å². The van der Waals surface area contributed by atoms with Gasteiger partial charge in [0.2, 0.25) is 0 Å². The minimum Gasteiger partial charge on any atom is -0.352 e. The number of aromatic nitrogens is 5. The molecule has 0 aromatic carbocycles. The standard InChI is InChI=1S/C13H21N9O2S/c1-18-4-8-20(9-5-18)25(23,24)21-10-6-19(7-11-21)13-3-2-12-14-16-17-22(12)15-13/h2-3H,4-11H2,1H3. The summed E-state index contributed by atoms with van der Waals surface area (Å²) in [5.41, 5.74) is 0.583. The second-order valence-electron chi connectivity index (χ2n) is 6.31. The summed E-state index contributed by atoms with van der Waals surface area (Å²) in [5, 5.41) is 15.6. The summed E-state index contributed by atoms with van der Waals surface area (Å²) in [4.78, 5) is 4.20. The largest absolute Gasteiger partial charge is 0.352 e. The predicted octanol–water partition coefficient (Wildman–Crippen LogP) is -1.87. The Hall–Kier alpha value is -1.89. The van der Waals surface area contributed by atoms with Gasteiger partial charge in [0.15, 0.2) is 11.5 Å². The highest BCUT2D eigenvalue weighted by molar-refractivity contribution is 7.86. The third kappa shape index (κ3) is 3.17. The van der Waals surface area contributed by atoms with Crippen molar-refractivity contribution in [3.8, 4) is 0 Å². The lowest BCUT2D eigenvalue weighted by atomic mass is 10.3. The van der Waals surface area contributed by atoms with Crippen LogP contribution in [0.1, 0.15) is 0 Å². The van der Waals surface area contributed by atoms with Crippen LogP contribution in [0.25, 0.3) is 5.65 Å². The molecule has 2 aromatic rings. The van der Waals surface area contributed by atoms with Gasteiger partial charge in [-0.05, 0) is 29.6 Å². The molecule has 0 N–H and O–H groups in total. The van der Waals surface area contributed by atoms with Crippen molar-refractivity contribution in [2.75, 3.05) is 64.3 Å². The highest BCUT2D eigenvalue weighted by atomic mass is 32.2. The maximum absolute atomic E-state index is 12.8. The Morgan fingerprint density at radius 3 is 2.24 bits per heavy atom. The van der Waals surface area contributed by atoms with Gasteiger partial charge in [0.05, 0.1) is 0 Å². The lowest BCUT2D eigenvalue weighted by molar-refractivity contribution is 0.210. The molecule has 2 aromatic heterocycles. The fraction of sp³-hybridized carbons (Fsp3) is 0.692. The summed E-state index contributed by atoms with van der Waals surface area (Å²) in [6.07, 6.45) is 0. The zero-order valence-corrected chi connectivity index (χ0v) is 14.9. The molecule has 0 amide bonds. The Balaban J connectivity index is 1.42. The molecule has 2 saturated heterocycles. The SMILES string of the molecule is CN1CCN(S(=O)(=O)N2CCN(c3ccc4nnnn4n3)CC2)CC1. The van der Waals surface area contributed by atoms with Crippen LogP contribution in [-0.4, -0.2) is 107 Å². The number of fused-ring (bicyclic) bond motifs is 1. The molecule has 0 unspecified atom stereocenters. The quantitative estimate of drug-likeness (QED) is 0.622. The first-order valence-corrected chi connectivity index (χ1v) is 9.68. The van der Waals surface area contributed by atoms with E-state index in [1.54, 1.807) is 14.7 Å². The molecule has 0 bridgehead atoms. The number of likely N-dealkylation sites (N-methyl/N-ethyl adjacent to an activating group) is 1. The van der Waals surface area contributed by atoms with Gasteiger partial charge in [0.1, 0.15) is 0 Å². The van der Waals surface area contributed by atoms with Crippen LogP contribution in [-0.2, 0) is 10.2 Å². The summed E-state index contributed by atoms with van der Waals surface area (Å²) in [6.45, 7) is 4.73. The van der Waals surface area contributed by atoms with Gasteiger partial charge in [0.25, 0.3) is 10.2 Å². The Kier molecular flexibility index (Phi) is 4.27. The first-order valence-electron chi connectivity index (χ1n) is 8.28. The van der Waals surface area contributed by atoms with E-state index in [1.165, 1.54) is 4.63 Å². The van der Waals surface area contributed by atoms with E-state index in [9.17, 15) is 8.42 Å². The fourth-order valence-electron chi connectivity index (χ4n) is 3.14. The number of rotatable bonds is 3. The number of piperazine rings is 2. The molecule has 12 heteroatoms. The van der Waals surface area contributed by atoms with Crippen molar-refractivity contribution in [1.82, 2.24) is 38.8 Å². The maximum Gasteiger partial charge on any atom is 0.282 e. The van der Waals surface area contributed by atoms with Gasteiger partial charge in [-0.1, -0.05) is 0 Å². The van der Waals surface area contributed by atoms with E-state index in [1.807, 2.05) is 13.1 Å². The Morgan fingerprint density at radius 2 is 1.56 bits per heavy atom. The van der Waals surface area contributed by atoms with E-state index in [4.69, 9.17) is 0 Å². The smallest absolute Gasteiger partial charge is 0.282 e. The molecule has 2 aliphatic rings. The number of hydrogen-bond acceptors (Lipinski definition) is 8. The number of anilines is 1. The lowest BCUT2D eigenvalue weighted by Gasteiger charge is -2.39. The van der Waals surface area contributed by atoms with Crippen molar-refractivity contribution >= 4 is 21.7 Å². The fourth-order valence-corrected chi connectivity index (χ4v) is 4.71. The molecule has 2 fully saturated rings. The van der Waals surface area contributed by atoms with Crippen LogP contribution in [0.3, 0.4) is 0 Å². The Bertz CT molecular complexity index is 838. The molecule has 25 heavy (non-hydrogen) atoms. The molecule has 11 nitrogen and oxygen atoms in total. The summed E-state index contributed by atoms with van der Waals surface area (Å²) in [6, 6.07) is 3.66. The van der Waals surface area contributed by atoms with Crippen molar-refractivity contribution in [2.24, 2.45) is 0 Å². The first-order chi connectivity index (χ1) is 12.0. The summed E-state index contributed by atoms with van der Waals surface area (Å²) in [7, 11) is -1.37. The molecule has 2 aliphatic heterocycles. The van der Waals surface area contributed by atoms with Crippen molar-refractivity contribution in [3.63, 3.8) is 0 Å². The van der Waals surface area contributed by atoms with Crippen LogP contribution in [0.15, 0.2) is 12.1 Å². The Labute approximate surface area is 146 Å². The maximum atomic E-state index is 12.8. The number of tetrazole rings is 1. The average Bonchev–Trinajstić information content (AvgIpc) is 3.10. The van der Waals surface area contributed by atoms with Crippen molar-refractivity contribution < 1.29 is 8.42 Å². The average molecular weight is 367 g/mol. The van der Waals surface area contributed by atoms with Gasteiger partial charge < -0.3 is 9.80 Å². The lowest BCUT2D eigenvalue weighted by Crippen LogP contribution is -2.56. The Morgan fingerprint density at radius 1 is 0.920 bits per heavy atom. The topological polar surface area (TPSA) is 103 Å². The van der Waals surface area contributed by atoms with E-state index >= 15 is 0 Å². The normalized spacial score (nSPS) is 21.9. The van der Waals surface area contributed by atoms with Crippen molar-refractivity contribution in [1.29, 1.82) is 0 Å². The zero-order valence-electron chi connectivity index (χ0n) is 14.1. The summed E-state index contributed by atoms with van der Waals surface area (Å²) >= 11 is 0. The first kappa shape index (κ1) is 16.6. The van der Waals surface area contributed by atoms with Gasteiger partial charge in [-0.3, -0.25) is 0 Å². The number of hydrogen-bond donors (Lipinski definition) is 0. The van der Waals surface area contributed by atoms with Crippen LogP contribution in [0, 0.1) is 0 Å². The van der Waals surface area contributed by atoms with Crippen molar-refractivity contribution in [3.05, 3.63) is 12.1 Å². The molecule has 0 atom stereocenters. The van der Waals surface area contributed by atoms with E-state index < -0.39 is 10.2 Å². The van der Waals surface area contributed by atoms with Crippen LogP contribution in [0.4, 0.5) is 5.82 Å². The minimum absolute atomic E-state index is 0.448. The second-order valence-corrected chi connectivity index (χ2v) is 8.24. The monoisotopic (exact) mass is 367 g/mol. The molecular weight excluding hydrogens is 346 g/mol. The van der Waals surface area contributed by atoms with Crippen LogP contribution in [0.2, 0.25) is 0 Å². The van der Waals surface area contributed by atoms with Crippen molar-refractivity contribution in [2.45, 2.75) is 0 Å². The van der Waals surface area contributed by atoms with E-state index in [0.29, 0.717) is 44.9 Å². The predicted molar refractivity (Wildman–Crippen MR) is 90.4 cm³/mol. The molecule has 136 valence electrons. The van der Waals surface area contributed by atoms with Gasteiger partial charge in [0, 0.05) is 52.4 Å². The molecule has 0 saturated carbocycles. The highest BCUT2D eigenvalue weighted by Crippen LogP contribution is 2.18. The van der Waals surface area contributed by atoms with E-state index in [2.05, 4.69) is 30.4 Å². The highest BCUT2D eigenvalue weighted by Gasteiger charge is 2.34. The van der Waals surface area contributed by atoms with Gasteiger partial charge in [-0.15, -0.1) is 14.8 Å². The minimum atomic E-state index is -3.38. The van der Waals surface area contributed by atoms with E-state index in [0.717, 1.165) is 18.9 Å². The molecule has 0 aliphatic carbocycles. The number of nitrogens with zero attached hydrogens (tertiary/aromatic N) is 9. The van der Waals surface area contributed by atoms with Crippen LogP contribution >= 0.6 is 0 Å². The van der Waals surface area contributed by atoms with Gasteiger partial charge >= 0.3 is 0 Å². The molecular formula is C13H21N9O2S. The molecule has 4 rings (SSSR count). The van der Waals surface area contributed by atoms with E-state index in [-0.39, 0.29) is 0 Å². The zero-order chi connectivity index (χ0) is 17.4. The molecule has 4 heterocycles. The second kappa shape index (κ2) is 6.44. The third-order valence-corrected chi connectivity index (χ3v) is 6.77. The summed E-state index contributed by atoms with van der Waals surface area (Å²) in [5.74, 6) is 0.747. The van der Waals surface area contributed by atoms with Crippen LogP contribution < -0.4 is 4.90 Å². The van der Waals surface area contributed by atoms with Gasteiger partial charge in [-0.2, -0.15) is 17.0 Å².